The second-order valence-electron chi connectivity index (χ2n) is 6.19. The summed E-state index contributed by atoms with van der Waals surface area (Å²) in [4.78, 5) is 23.7. The first-order valence-corrected chi connectivity index (χ1v) is 7.19. The van der Waals surface area contributed by atoms with Crippen molar-refractivity contribution in [2.75, 3.05) is 6.61 Å². The van der Waals surface area contributed by atoms with Crippen molar-refractivity contribution in [2.45, 2.75) is 59.3 Å². The Morgan fingerprint density at radius 3 is 2.74 bits per heavy atom. The minimum absolute atomic E-state index is 0.0534. The maximum absolute atomic E-state index is 12.0. The summed E-state index contributed by atoms with van der Waals surface area (Å²) < 4.78 is 5.15. The first-order valence-electron chi connectivity index (χ1n) is 7.19. The Kier molecular flexibility index (Phi) is 5.77. The fourth-order valence-electron chi connectivity index (χ4n) is 3.05. The van der Waals surface area contributed by atoms with E-state index in [1.807, 2.05) is 13.8 Å². The molecule has 0 heterocycles. The van der Waals surface area contributed by atoms with Crippen LogP contribution in [0, 0.1) is 11.3 Å². The number of ketones is 1. The number of hydrogen-bond donors (Lipinski definition) is 0. The molecule has 0 amide bonds. The molecule has 19 heavy (non-hydrogen) atoms. The highest BCUT2D eigenvalue weighted by atomic mass is 16.5. The van der Waals surface area contributed by atoms with Crippen LogP contribution in [-0.2, 0) is 14.3 Å². The van der Waals surface area contributed by atoms with Gasteiger partial charge in [0.2, 0.25) is 0 Å². The van der Waals surface area contributed by atoms with Crippen molar-refractivity contribution in [1.82, 2.24) is 0 Å². The van der Waals surface area contributed by atoms with Crippen molar-refractivity contribution in [2.24, 2.45) is 11.3 Å². The molecule has 0 spiro atoms. The van der Waals surface area contributed by atoms with Crippen LogP contribution in [0.25, 0.3) is 0 Å². The molecule has 2 unspecified atom stereocenters. The SMILES string of the molecule is C=C(C)CC(CC1(C)CCCC(=O)C1)C(=O)OCC. The number of Topliss-reactive ketones (excluding diaryl/α,β-unsaturated/α-hetero) is 1. The van der Waals surface area contributed by atoms with Gasteiger partial charge in [0.15, 0.2) is 0 Å². The number of hydrogen-bond acceptors (Lipinski definition) is 3. The molecular formula is C16H26O3. The van der Waals surface area contributed by atoms with Gasteiger partial charge in [0.25, 0.3) is 0 Å². The minimum atomic E-state index is -0.159. The lowest BCUT2D eigenvalue weighted by molar-refractivity contribution is -0.150. The van der Waals surface area contributed by atoms with E-state index in [0.29, 0.717) is 31.7 Å². The van der Waals surface area contributed by atoms with Gasteiger partial charge in [-0.15, -0.1) is 6.58 Å². The van der Waals surface area contributed by atoms with E-state index in [2.05, 4.69) is 13.5 Å². The third kappa shape index (κ3) is 5.17. The highest BCUT2D eigenvalue weighted by molar-refractivity contribution is 5.80. The highest BCUT2D eigenvalue weighted by Crippen LogP contribution is 2.41. The molecule has 108 valence electrons. The largest absolute Gasteiger partial charge is 0.466 e. The van der Waals surface area contributed by atoms with Crippen LogP contribution in [0.1, 0.15) is 59.3 Å². The van der Waals surface area contributed by atoms with E-state index < -0.39 is 0 Å². The fourth-order valence-corrected chi connectivity index (χ4v) is 3.05. The van der Waals surface area contributed by atoms with Crippen LogP contribution >= 0.6 is 0 Å². The zero-order valence-corrected chi connectivity index (χ0v) is 12.5. The van der Waals surface area contributed by atoms with Crippen molar-refractivity contribution in [1.29, 1.82) is 0 Å². The van der Waals surface area contributed by atoms with Crippen LogP contribution < -0.4 is 0 Å². The third-order valence-corrected chi connectivity index (χ3v) is 3.81. The van der Waals surface area contributed by atoms with Crippen LogP contribution in [0.3, 0.4) is 0 Å². The Hall–Kier alpha value is -1.12. The van der Waals surface area contributed by atoms with Gasteiger partial charge in [-0.2, -0.15) is 0 Å². The summed E-state index contributed by atoms with van der Waals surface area (Å²) in [5.74, 6) is 0.0183. The smallest absolute Gasteiger partial charge is 0.309 e. The van der Waals surface area contributed by atoms with Gasteiger partial charge in [0, 0.05) is 12.8 Å². The van der Waals surface area contributed by atoms with E-state index in [9.17, 15) is 9.59 Å². The summed E-state index contributed by atoms with van der Waals surface area (Å²) in [6, 6.07) is 0. The number of ether oxygens (including phenoxy) is 1. The van der Waals surface area contributed by atoms with Gasteiger partial charge in [0.05, 0.1) is 12.5 Å². The van der Waals surface area contributed by atoms with Gasteiger partial charge in [-0.1, -0.05) is 12.5 Å². The lowest BCUT2D eigenvalue weighted by atomic mass is 9.69. The summed E-state index contributed by atoms with van der Waals surface area (Å²) in [5.41, 5.74) is 0.936. The predicted octanol–water partition coefficient (Wildman–Crippen LogP) is 3.67. The zero-order chi connectivity index (χ0) is 14.5. The van der Waals surface area contributed by atoms with Gasteiger partial charge < -0.3 is 4.74 Å². The van der Waals surface area contributed by atoms with Crippen LogP contribution in [0.15, 0.2) is 12.2 Å². The maximum atomic E-state index is 12.0. The molecule has 2 atom stereocenters. The predicted molar refractivity (Wildman–Crippen MR) is 75.8 cm³/mol. The van der Waals surface area contributed by atoms with Gasteiger partial charge in [-0.25, -0.2) is 0 Å². The highest BCUT2D eigenvalue weighted by Gasteiger charge is 2.36. The monoisotopic (exact) mass is 266 g/mol. The Morgan fingerprint density at radius 2 is 2.21 bits per heavy atom. The summed E-state index contributed by atoms with van der Waals surface area (Å²) in [5, 5.41) is 0. The molecule has 0 aromatic rings. The summed E-state index contributed by atoms with van der Waals surface area (Å²) in [7, 11) is 0. The van der Waals surface area contributed by atoms with E-state index in [1.54, 1.807) is 0 Å². The normalized spacial score (nSPS) is 24.9. The molecular weight excluding hydrogens is 240 g/mol. The van der Waals surface area contributed by atoms with Crippen molar-refractivity contribution in [3.8, 4) is 0 Å². The molecule has 0 N–H and O–H groups in total. The first-order chi connectivity index (χ1) is 8.86. The topological polar surface area (TPSA) is 43.4 Å². The molecule has 1 rings (SSSR count). The minimum Gasteiger partial charge on any atom is -0.466 e. The van der Waals surface area contributed by atoms with Crippen molar-refractivity contribution in [3.05, 3.63) is 12.2 Å². The number of carbonyl (C=O) groups excluding carboxylic acids is 2. The molecule has 0 aliphatic heterocycles. The molecule has 1 aliphatic carbocycles. The van der Waals surface area contributed by atoms with Crippen LogP contribution in [0.2, 0.25) is 0 Å². The lowest BCUT2D eigenvalue weighted by Crippen LogP contribution is -2.31. The van der Waals surface area contributed by atoms with Gasteiger partial charge in [-0.05, 0) is 44.9 Å². The molecule has 0 aromatic carbocycles. The first kappa shape index (κ1) is 15.9. The van der Waals surface area contributed by atoms with E-state index in [0.717, 1.165) is 24.8 Å². The number of allylic oxidation sites excluding steroid dienone is 1. The Morgan fingerprint density at radius 1 is 1.53 bits per heavy atom. The van der Waals surface area contributed by atoms with Crippen LogP contribution in [-0.4, -0.2) is 18.4 Å². The van der Waals surface area contributed by atoms with Crippen LogP contribution in [0.5, 0.6) is 0 Å². The van der Waals surface area contributed by atoms with E-state index in [-0.39, 0.29) is 17.3 Å². The molecule has 1 fully saturated rings. The average molecular weight is 266 g/mol. The third-order valence-electron chi connectivity index (χ3n) is 3.81. The quantitative estimate of drug-likeness (QED) is 0.544. The molecule has 0 radical (unpaired) electrons. The molecule has 3 nitrogen and oxygen atoms in total. The fraction of sp³-hybridized carbons (Fsp3) is 0.750. The Bertz CT molecular complexity index is 359. The molecule has 1 aliphatic rings. The van der Waals surface area contributed by atoms with Crippen molar-refractivity contribution in [3.63, 3.8) is 0 Å². The summed E-state index contributed by atoms with van der Waals surface area (Å²) >= 11 is 0. The van der Waals surface area contributed by atoms with Gasteiger partial charge >= 0.3 is 5.97 Å². The number of rotatable bonds is 6. The van der Waals surface area contributed by atoms with E-state index >= 15 is 0 Å². The van der Waals surface area contributed by atoms with E-state index in [4.69, 9.17) is 4.74 Å². The standard InChI is InChI=1S/C16H26O3/c1-5-19-15(18)13(9-12(2)3)10-16(4)8-6-7-14(17)11-16/h13H,2,5-11H2,1,3-4H3. The zero-order valence-electron chi connectivity index (χ0n) is 12.5. The number of carbonyl (C=O) groups is 2. The molecule has 0 bridgehead atoms. The molecule has 0 saturated heterocycles. The maximum Gasteiger partial charge on any atom is 0.309 e. The Labute approximate surface area is 116 Å². The summed E-state index contributed by atoms with van der Waals surface area (Å²) in [6.45, 7) is 10.2. The van der Waals surface area contributed by atoms with Crippen molar-refractivity contribution >= 4 is 11.8 Å². The second kappa shape index (κ2) is 6.88. The Balaban J connectivity index is 2.72. The molecule has 0 aromatic heterocycles. The van der Waals surface area contributed by atoms with Gasteiger partial charge in [0.1, 0.15) is 5.78 Å². The molecule has 1 saturated carbocycles. The van der Waals surface area contributed by atoms with Gasteiger partial charge in [-0.3, -0.25) is 9.59 Å². The molecule has 3 heteroatoms. The number of esters is 1. The lowest BCUT2D eigenvalue weighted by Gasteiger charge is -2.35. The van der Waals surface area contributed by atoms with E-state index in [1.165, 1.54) is 0 Å². The second-order valence-corrected chi connectivity index (χ2v) is 6.19. The average Bonchev–Trinajstić information content (AvgIpc) is 2.27. The summed E-state index contributed by atoms with van der Waals surface area (Å²) in [6.07, 6.45) is 4.63. The van der Waals surface area contributed by atoms with Crippen molar-refractivity contribution < 1.29 is 14.3 Å². The van der Waals surface area contributed by atoms with Crippen LogP contribution in [0.4, 0.5) is 0 Å².